The lowest BCUT2D eigenvalue weighted by atomic mass is 9.81. The first-order valence-corrected chi connectivity index (χ1v) is 12.1. The maximum Gasteiger partial charge on any atom is 0.255 e. The summed E-state index contributed by atoms with van der Waals surface area (Å²) in [5.74, 6) is 1.42. The third-order valence-electron chi connectivity index (χ3n) is 7.68. The maximum atomic E-state index is 13.0. The van der Waals surface area contributed by atoms with Gasteiger partial charge in [0.1, 0.15) is 11.5 Å². The number of nitrogens with zero attached hydrogens (tertiary/aromatic N) is 1. The van der Waals surface area contributed by atoms with Crippen molar-refractivity contribution in [2.24, 2.45) is 23.7 Å². The van der Waals surface area contributed by atoms with Crippen LogP contribution >= 0.6 is 0 Å². The van der Waals surface area contributed by atoms with Crippen molar-refractivity contribution in [3.05, 3.63) is 83.9 Å². The van der Waals surface area contributed by atoms with Gasteiger partial charge >= 0.3 is 0 Å². The fourth-order valence-electron chi connectivity index (χ4n) is 5.98. The van der Waals surface area contributed by atoms with Crippen molar-refractivity contribution in [1.29, 1.82) is 0 Å². The van der Waals surface area contributed by atoms with E-state index in [-0.39, 0.29) is 29.6 Å². The van der Waals surface area contributed by atoms with Gasteiger partial charge in [-0.2, -0.15) is 0 Å². The van der Waals surface area contributed by atoms with E-state index in [0.717, 1.165) is 30.6 Å². The molecule has 6 nitrogen and oxygen atoms in total. The minimum atomic E-state index is -0.266. The first kappa shape index (κ1) is 21.6. The Balaban J connectivity index is 1.11. The second-order valence-electron chi connectivity index (χ2n) is 9.84. The molecule has 3 aromatic rings. The van der Waals surface area contributed by atoms with E-state index in [4.69, 9.17) is 4.74 Å². The van der Waals surface area contributed by atoms with Crippen LogP contribution in [-0.2, 0) is 9.59 Å². The number of anilines is 2. The predicted molar refractivity (Wildman–Crippen MR) is 132 cm³/mol. The Bertz CT molecular complexity index is 1270. The summed E-state index contributed by atoms with van der Waals surface area (Å²) in [5.41, 5.74) is 2.80. The molecule has 0 radical (unpaired) electrons. The number of ether oxygens (including phenoxy) is 1. The fourth-order valence-corrected chi connectivity index (χ4v) is 5.98. The van der Waals surface area contributed by atoms with E-state index >= 15 is 0 Å². The summed E-state index contributed by atoms with van der Waals surface area (Å²) in [4.78, 5) is 40.1. The first-order chi connectivity index (χ1) is 17.0. The van der Waals surface area contributed by atoms with Crippen molar-refractivity contribution in [1.82, 2.24) is 0 Å². The Morgan fingerprint density at radius 3 is 1.91 bits per heavy atom. The van der Waals surface area contributed by atoms with Gasteiger partial charge in [0, 0.05) is 11.3 Å². The number of hydrogen-bond acceptors (Lipinski definition) is 4. The second kappa shape index (κ2) is 8.38. The van der Waals surface area contributed by atoms with Gasteiger partial charge in [-0.3, -0.25) is 19.3 Å². The summed E-state index contributed by atoms with van der Waals surface area (Å²) in [6, 6.07) is 21.6. The van der Waals surface area contributed by atoms with Crippen LogP contribution in [0.5, 0.6) is 11.5 Å². The number of hydrogen-bond donors (Lipinski definition) is 1. The topological polar surface area (TPSA) is 75.7 Å². The molecule has 2 aliphatic carbocycles. The lowest BCUT2D eigenvalue weighted by molar-refractivity contribution is -0.123. The van der Waals surface area contributed by atoms with Crippen LogP contribution in [0, 0.1) is 30.6 Å². The average molecular weight is 467 g/mol. The molecular formula is C29H26N2O4. The molecular weight excluding hydrogens is 440 g/mol. The van der Waals surface area contributed by atoms with Crippen molar-refractivity contribution in [3.8, 4) is 11.5 Å². The van der Waals surface area contributed by atoms with Crippen molar-refractivity contribution >= 4 is 29.1 Å². The molecule has 3 aromatic carbocycles. The summed E-state index contributed by atoms with van der Waals surface area (Å²) >= 11 is 0. The van der Waals surface area contributed by atoms with Crippen LogP contribution in [0.15, 0.2) is 72.8 Å². The Labute approximate surface area is 203 Å². The molecule has 3 amide bonds. The van der Waals surface area contributed by atoms with Gasteiger partial charge in [-0.25, -0.2) is 0 Å². The zero-order chi connectivity index (χ0) is 24.1. The summed E-state index contributed by atoms with van der Waals surface area (Å²) in [6.07, 6.45) is 3.12. The normalized spacial score (nSPS) is 24.5. The Morgan fingerprint density at radius 1 is 0.800 bits per heavy atom. The molecule has 4 atom stereocenters. The van der Waals surface area contributed by atoms with Crippen LogP contribution in [0.2, 0.25) is 0 Å². The van der Waals surface area contributed by atoms with E-state index < -0.39 is 0 Å². The standard InChI is InChI=1S/C29H26N2O4/c1-17-2-12-23(13-3-17)35-24-14-8-21(9-15-24)30-27(32)18-6-10-22(11-7-18)31-28(33)25-19-4-5-20(16-19)26(25)29(31)34/h2-3,6-15,19-20,25-26H,4-5,16H2,1H3,(H,30,32)/t19-,20-,25-,26+/m0/s1. The van der Waals surface area contributed by atoms with E-state index in [1.807, 2.05) is 31.2 Å². The van der Waals surface area contributed by atoms with Gasteiger partial charge in [0.2, 0.25) is 11.8 Å². The van der Waals surface area contributed by atoms with Gasteiger partial charge in [-0.15, -0.1) is 0 Å². The Hall–Kier alpha value is -3.93. The molecule has 1 heterocycles. The Kier molecular flexibility index (Phi) is 5.17. The van der Waals surface area contributed by atoms with Crippen LogP contribution in [0.25, 0.3) is 0 Å². The molecule has 0 unspecified atom stereocenters. The van der Waals surface area contributed by atoms with E-state index in [2.05, 4.69) is 5.32 Å². The quantitative estimate of drug-likeness (QED) is 0.499. The van der Waals surface area contributed by atoms with Crippen molar-refractivity contribution in [2.45, 2.75) is 26.2 Å². The molecule has 176 valence electrons. The first-order valence-electron chi connectivity index (χ1n) is 12.1. The third-order valence-corrected chi connectivity index (χ3v) is 7.68. The second-order valence-corrected chi connectivity index (χ2v) is 9.84. The van der Waals surface area contributed by atoms with Gasteiger partial charge in [0.05, 0.1) is 17.5 Å². The van der Waals surface area contributed by atoms with Crippen molar-refractivity contribution in [3.63, 3.8) is 0 Å². The zero-order valence-corrected chi connectivity index (χ0v) is 19.4. The molecule has 6 rings (SSSR count). The molecule has 3 fully saturated rings. The lowest BCUT2D eigenvalue weighted by Crippen LogP contribution is -2.32. The monoisotopic (exact) mass is 466 g/mol. The van der Waals surface area contributed by atoms with Gasteiger partial charge < -0.3 is 10.1 Å². The lowest BCUT2D eigenvalue weighted by Gasteiger charge is -2.19. The molecule has 3 aliphatic rings. The van der Waals surface area contributed by atoms with Crippen LogP contribution in [0.3, 0.4) is 0 Å². The number of aryl methyl sites for hydroxylation is 1. The van der Waals surface area contributed by atoms with E-state index in [0.29, 0.717) is 34.5 Å². The number of fused-ring (bicyclic) bond motifs is 5. The number of carbonyl (C=O) groups is 3. The average Bonchev–Trinajstić information content (AvgIpc) is 3.55. The number of imide groups is 1. The molecule has 35 heavy (non-hydrogen) atoms. The van der Waals surface area contributed by atoms with Gasteiger partial charge in [0.25, 0.3) is 5.91 Å². The molecule has 0 aromatic heterocycles. The highest BCUT2D eigenvalue weighted by molar-refractivity contribution is 6.22. The summed E-state index contributed by atoms with van der Waals surface area (Å²) in [6.45, 7) is 2.02. The molecule has 2 bridgehead atoms. The Morgan fingerprint density at radius 2 is 1.34 bits per heavy atom. The third kappa shape index (κ3) is 3.79. The fraction of sp³-hybridized carbons (Fsp3) is 0.276. The number of benzene rings is 3. The van der Waals surface area contributed by atoms with E-state index in [1.54, 1.807) is 48.5 Å². The van der Waals surface area contributed by atoms with Crippen molar-refractivity contribution in [2.75, 3.05) is 10.2 Å². The molecule has 2 saturated carbocycles. The highest BCUT2D eigenvalue weighted by Crippen LogP contribution is 2.56. The predicted octanol–water partition coefficient (Wildman–Crippen LogP) is 5.58. The molecule has 1 saturated heterocycles. The van der Waals surface area contributed by atoms with Crippen LogP contribution in [-0.4, -0.2) is 17.7 Å². The summed E-state index contributed by atoms with van der Waals surface area (Å²) in [5, 5.41) is 2.87. The number of amides is 3. The highest BCUT2D eigenvalue weighted by Gasteiger charge is 2.61. The SMILES string of the molecule is Cc1ccc(Oc2ccc(NC(=O)c3ccc(N4C(=O)[C@@H]5[C@H]6CC[C@@H](C6)[C@@H]5C4=O)cc3)cc2)cc1. The van der Waals surface area contributed by atoms with Gasteiger partial charge in [0.15, 0.2) is 0 Å². The van der Waals surface area contributed by atoms with Gasteiger partial charge in [-0.1, -0.05) is 17.7 Å². The smallest absolute Gasteiger partial charge is 0.255 e. The maximum absolute atomic E-state index is 13.0. The number of nitrogens with one attached hydrogen (secondary N) is 1. The van der Waals surface area contributed by atoms with E-state index in [9.17, 15) is 14.4 Å². The minimum Gasteiger partial charge on any atom is -0.457 e. The van der Waals surface area contributed by atoms with Crippen LogP contribution < -0.4 is 15.0 Å². The van der Waals surface area contributed by atoms with Gasteiger partial charge in [-0.05, 0) is 98.7 Å². The molecule has 1 N–H and O–H groups in total. The zero-order valence-electron chi connectivity index (χ0n) is 19.4. The largest absolute Gasteiger partial charge is 0.457 e. The number of carbonyl (C=O) groups excluding carboxylic acids is 3. The van der Waals surface area contributed by atoms with Crippen LogP contribution in [0.1, 0.15) is 35.2 Å². The number of rotatable bonds is 5. The van der Waals surface area contributed by atoms with E-state index in [1.165, 1.54) is 4.90 Å². The molecule has 0 spiro atoms. The molecule has 1 aliphatic heterocycles. The van der Waals surface area contributed by atoms with Crippen molar-refractivity contribution < 1.29 is 19.1 Å². The van der Waals surface area contributed by atoms with Crippen LogP contribution in [0.4, 0.5) is 11.4 Å². The summed E-state index contributed by atoms with van der Waals surface area (Å²) < 4.78 is 5.83. The summed E-state index contributed by atoms with van der Waals surface area (Å²) in [7, 11) is 0. The molecule has 6 heteroatoms. The minimum absolute atomic E-state index is 0.0719. The highest BCUT2D eigenvalue weighted by atomic mass is 16.5.